The Hall–Kier alpha value is -2.61. The summed E-state index contributed by atoms with van der Waals surface area (Å²) < 4.78 is 88.8. The second-order valence-electron chi connectivity index (χ2n) is 15.2. The molecule has 0 radical (unpaired) electrons. The van der Waals surface area contributed by atoms with Crippen molar-refractivity contribution in [1.29, 1.82) is 0 Å². The first-order valence-corrected chi connectivity index (χ1v) is 23.8. The monoisotopic (exact) mass is 803 g/mol. The largest absolute Gasteiger partial charge is 0.243 e. The molecule has 0 aliphatic heterocycles. The molecule has 0 saturated carbocycles. The third kappa shape index (κ3) is 11.0. The van der Waals surface area contributed by atoms with Gasteiger partial charge in [-0.3, -0.25) is 0 Å². The van der Waals surface area contributed by atoms with E-state index in [0.29, 0.717) is 96.9 Å². The summed E-state index contributed by atoms with van der Waals surface area (Å²) in [6, 6.07) is 11.4. The van der Waals surface area contributed by atoms with Gasteiger partial charge in [0.15, 0.2) is 0 Å². The van der Waals surface area contributed by atoms with E-state index >= 15 is 0 Å². The second kappa shape index (κ2) is 19.5. The van der Waals surface area contributed by atoms with Gasteiger partial charge in [0.25, 0.3) is 0 Å². The maximum absolute atomic E-state index is 14.3. The van der Waals surface area contributed by atoms with Crippen molar-refractivity contribution in [2.24, 2.45) is 0 Å². The Morgan fingerprint density at radius 3 is 0.778 bits per heavy atom. The second-order valence-corrected chi connectivity index (χ2v) is 20.8. The van der Waals surface area contributed by atoms with E-state index in [1.807, 2.05) is 113 Å². The van der Waals surface area contributed by atoms with E-state index in [4.69, 9.17) is 0 Å². The molecule has 0 saturated heterocycles. The molecular weight excluding hydrogens is 739 g/mol. The molecule has 3 rings (SSSR count). The van der Waals surface area contributed by atoms with E-state index in [-0.39, 0.29) is 13.1 Å². The Balaban J connectivity index is 1.78. The van der Waals surface area contributed by atoms with Crippen LogP contribution in [0.4, 0.5) is 0 Å². The zero-order valence-corrected chi connectivity index (χ0v) is 37.1. The Morgan fingerprint density at radius 1 is 0.352 bits per heavy atom. The minimum atomic E-state index is -3.87. The molecular formula is C42H65N3O6S3. The lowest BCUT2D eigenvalue weighted by Gasteiger charge is -2.27. The molecule has 3 aromatic carbocycles. The molecule has 0 heterocycles. The molecule has 0 fully saturated rings. The van der Waals surface area contributed by atoms with Gasteiger partial charge in [0.05, 0.1) is 14.7 Å². The lowest BCUT2D eigenvalue weighted by Crippen LogP contribution is -2.36. The van der Waals surface area contributed by atoms with E-state index in [9.17, 15) is 25.3 Å². The number of hydrogen-bond donors (Lipinski definition) is 0. The van der Waals surface area contributed by atoms with Crippen LogP contribution in [0, 0.1) is 62.3 Å². The molecule has 12 heteroatoms. The number of aryl methyl sites for hydroxylation is 9. The van der Waals surface area contributed by atoms with Crippen LogP contribution in [0.1, 0.15) is 109 Å². The minimum Gasteiger partial charge on any atom is -0.207 e. The molecule has 54 heavy (non-hydrogen) atoms. The fourth-order valence-electron chi connectivity index (χ4n) is 7.99. The molecule has 0 aromatic heterocycles. The Kier molecular flexibility index (Phi) is 16.5. The van der Waals surface area contributed by atoms with Crippen LogP contribution in [0.2, 0.25) is 0 Å². The van der Waals surface area contributed by atoms with E-state index in [1.165, 1.54) is 0 Å². The van der Waals surface area contributed by atoms with Crippen molar-refractivity contribution in [3.8, 4) is 0 Å². The predicted molar refractivity (Wildman–Crippen MR) is 222 cm³/mol. The van der Waals surface area contributed by atoms with E-state index in [1.54, 1.807) is 12.9 Å². The molecule has 9 nitrogen and oxygen atoms in total. The molecule has 0 N–H and O–H groups in total. The van der Waals surface area contributed by atoms with Crippen LogP contribution in [-0.2, 0) is 30.1 Å². The number of unbranched alkanes of at least 4 members (excludes halogenated alkanes) is 3. The summed E-state index contributed by atoms with van der Waals surface area (Å²) in [6.45, 7) is 22.8. The summed E-state index contributed by atoms with van der Waals surface area (Å²) in [4.78, 5) is 1.04. The van der Waals surface area contributed by atoms with E-state index in [2.05, 4.69) is 0 Å². The summed E-state index contributed by atoms with van der Waals surface area (Å²) in [5.41, 5.74) is 7.37. The highest BCUT2D eigenvalue weighted by Gasteiger charge is 2.30. The number of nitrogens with zero attached hydrogens (tertiary/aromatic N) is 3. The zero-order chi connectivity index (χ0) is 40.6. The average molecular weight is 804 g/mol. The fourth-order valence-corrected chi connectivity index (χ4v) is 13.9. The SMILES string of the molecule is CCCN(CCCCCN(CCCCN(CCC)S(=O)(=O)c1c(C)cc(C)cc1C)S(=O)(=O)c1c(C)cc(C)cc1C)S(=O)(=O)c1c(C)cc(C)cc1C. The van der Waals surface area contributed by atoms with Gasteiger partial charge in [0.1, 0.15) is 0 Å². The Morgan fingerprint density at radius 2 is 0.556 bits per heavy atom. The molecule has 0 bridgehead atoms. The van der Waals surface area contributed by atoms with Gasteiger partial charge < -0.3 is 0 Å². The average Bonchev–Trinajstić information content (AvgIpc) is 3.02. The normalized spacial score (nSPS) is 12.8. The van der Waals surface area contributed by atoms with Crippen molar-refractivity contribution in [2.75, 3.05) is 39.3 Å². The van der Waals surface area contributed by atoms with Gasteiger partial charge in [0.2, 0.25) is 30.1 Å². The third-order valence-electron chi connectivity index (χ3n) is 9.93. The highest BCUT2D eigenvalue weighted by atomic mass is 32.2. The van der Waals surface area contributed by atoms with Gasteiger partial charge in [-0.25, -0.2) is 25.3 Å². The topological polar surface area (TPSA) is 112 Å². The maximum atomic E-state index is 14.3. The van der Waals surface area contributed by atoms with Gasteiger partial charge in [-0.15, -0.1) is 0 Å². The molecule has 3 aromatic rings. The first-order valence-electron chi connectivity index (χ1n) is 19.4. The molecule has 0 amide bonds. The van der Waals surface area contributed by atoms with Crippen LogP contribution in [0.3, 0.4) is 0 Å². The van der Waals surface area contributed by atoms with Gasteiger partial charge in [-0.1, -0.05) is 73.4 Å². The first kappa shape index (κ1) is 45.8. The standard InChI is InChI=1S/C42H65N3O6S3/c1-12-19-43(52(46,47)40-34(6)25-31(3)26-35(40)7)21-15-14-16-22-45(54(50,51)42-38(10)29-33(5)30-39(42)11)24-18-17-23-44(20-13-2)53(48,49)41-36(8)27-32(4)28-37(41)9/h25-30H,12-24H2,1-11H3. The molecule has 0 spiro atoms. The summed E-state index contributed by atoms with van der Waals surface area (Å²) in [6.07, 6.45) is 4.15. The summed E-state index contributed by atoms with van der Waals surface area (Å²) in [5, 5.41) is 0. The van der Waals surface area contributed by atoms with Crippen LogP contribution in [0.25, 0.3) is 0 Å². The van der Waals surface area contributed by atoms with Crippen molar-refractivity contribution < 1.29 is 25.3 Å². The highest BCUT2D eigenvalue weighted by molar-refractivity contribution is 7.89. The van der Waals surface area contributed by atoms with Gasteiger partial charge in [-0.05, 0) is 134 Å². The lowest BCUT2D eigenvalue weighted by molar-refractivity contribution is 0.356. The van der Waals surface area contributed by atoms with Gasteiger partial charge in [0, 0.05) is 39.3 Å². The fraction of sp³-hybridized carbons (Fsp3) is 0.571. The van der Waals surface area contributed by atoms with Crippen LogP contribution < -0.4 is 0 Å². The predicted octanol–water partition coefficient (Wildman–Crippen LogP) is 8.61. The minimum absolute atomic E-state index is 0.250. The Bertz CT molecular complexity index is 2030. The molecule has 0 aliphatic rings. The maximum Gasteiger partial charge on any atom is 0.243 e. The van der Waals surface area contributed by atoms with Gasteiger partial charge in [-0.2, -0.15) is 12.9 Å². The van der Waals surface area contributed by atoms with Crippen molar-refractivity contribution in [1.82, 2.24) is 12.9 Å². The van der Waals surface area contributed by atoms with Crippen LogP contribution >= 0.6 is 0 Å². The van der Waals surface area contributed by atoms with E-state index in [0.717, 1.165) is 38.9 Å². The number of hydrogen-bond acceptors (Lipinski definition) is 6. The van der Waals surface area contributed by atoms with Crippen molar-refractivity contribution in [3.63, 3.8) is 0 Å². The van der Waals surface area contributed by atoms with E-state index < -0.39 is 30.1 Å². The first-order chi connectivity index (χ1) is 25.2. The van der Waals surface area contributed by atoms with Crippen molar-refractivity contribution in [3.05, 3.63) is 86.5 Å². The molecule has 302 valence electrons. The smallest absolute Gasteiger partial charge is 0.207 e. The number of sulfonamides is 3. The zero-order valence-electron chi connectivity index (χ0n) is 34.7. The van der Waals surface area contributed by atoms with Crippen LogP contribution in [-0.4, -0.2) is 77.4 Å². The summed E-state index contributed by atoms with van der Waals surface area (Å²) >= 11 is 0. The third-order valence-corrected chi connectivity index (χ3v) is 16.5. The van der Waals surface area contributed by atoms with Crippen LogP contribution in [0.5, 0.6) is 0 Å². The number of rotatable bonds is 21. The highest BCUT2D eigenvalue weighted by Crippen LogP contribution is 2.29. The summed E-state index contributed by atoms with van der Waals surface area (Å²) in [7, 11) is -11.3. The van der Waals surface area contributed by atoms with Crippen LogP contribution in [0.15, 0.2) is 51.1 Å². The van der Waals surface area contributed by atoms with Crippen molar-refractivity contribution >= 4 is 30.1 Å². The number of benzene rings is 3. The van der Waals surface area contributed by atoms with Gasteiger partial charge >= 0.3 is 0 Å². The Labute approximate surface area is 328 Å². The molecule has 0 aliphatic carbocycles. The molecule has 0 atom stereocenters. The molecule has 0 unspecified atom stereocenters. The van der Waals surface area contributed by atoms with Crippen molar-refractivity contribution in [2.45, 2.75) is 136 Å². The lowest BCUT2D eigenvalue weighted by atomic mass is 10.1. The quantitative estimate of drug-likeness (QED) is 0.0998. The summed E-state index contributed by atoms with van der Waals surface area (Å²) in [5.74, 6) is 0.